The Morgan fingerprint density at radius 2 is 2.04 bits per heavy atom. The van der Waals surface area contributed by atoms with Crippen molar-refractivity contribution in [1.82, 2.24) is 21.9 Å². The van der Waals surface area contributed by atoms with Crippen LogP contribution in [0.25, 0.3) is 0 Å². The van der Waals surface area contributed by atoms with Gasteiger partial charge in [0, 0.05) is 6.42 Å². The summed E-state index contributed by atoms with van der Waals surface area (Å²) >= 11 is 0. The third kappa shape index (κ3) is 5.52. The molecule has 0 spiro atoms. The van der Waals surface area contributed by atoms with Crippen LogP contribution in [0.4, 0.5) is 5.69 Å². The average molecular weight is 387 g/mol. The van der Waals surface area contributed by atoms with Crippen LogP contribution in [0.5, 0.6) is 0 Å². The summed E-state index contributed by atoms with van der Waals surface area (Å²) in [6.07, 6.45) is -3.33. The predicted molar refractivity (Wildman–Crippen MR) is 78.0 cm³/mol. The molecule has 0 aliphatic carbocycles. The van der Waals surface area contributed by atoms with Crippen molar-refractivity contribution in [2.24, 2.45) is 0 Å². The van der Waals surface area contributed by atoms with Gasteiger partial charge in [0.05, 0.1) is 31.7 Å². The number of nitrogens with one attached hydrogen (secondary N) is 1. The van der Waals surface area contributed by atoms with Crippen LogP contribution in [0.1, 0.15) is 12.6 Å². The molecular formula is C9H18N5O10P. The first-order chi connectivity index (χ1) is 10.6. The SMILES string of the molecule is O=c1[nH]c(=O)n([C@H]2C[C@H](O)[C@@H](COP(=O)([O-])[O-])O2)cc1[N+](=O)[O-].[NH4+].[NH4+]. The summed E-state index contributed by atoms with van der Waals surface area (Å²) in [5.74, 6) is 0. The molecule has 3 atom stereocenters. The molecule has 0 radical (unpaired) electrons. The fraction of sp³-hybridized carbons (Fsp3) is 0.556. The second kappa shape index (κ2) is 8.41. The summed E-state index contributed by atoms with van der Waals surface area (Å²) < 4.78 is 20.2. The van der Waals surface area contributed by atoms with Gasteiger partial charge in [-0.3, -0.25) is 24.5 Å². The topological polar surface area (TPSA) is 273 Å². The second-order valence-corrected chi connectivity index (χ2v) is 5.77. The lowest BCUT2D eigenvalue weighted by atomic mass is 10.2. The summed E-state index contributed by atoms with van der Waals surface area (Å²) in [5, 5.41) is 20.4. The van der Waals surface area contributed by atoms with E-state index in [1.54, 1.807) is 4.98 Å². The largest absolute Gasteiger partial charge is 0.790 e. The first kappa shape index (κ1) is 23.0. The van der Waals surface area contributed by atoms with Crippen LogP contribution >= 0.6 is 7.82 Å². The number of phosphoric acid groups is 1. The van der Waals surface area contributed by atoms with E-state index in [2.05, 4.69) is 4.52 Å². The number of H-pyrrole nitrogens is 1. The minimum absolute atomic E-state index is 0. The molecule has 0 saturated carbocycles. The predicted octanol–water partition coefficient (Wildman–Crippen LogP) is -2.31. The normalized spacial score (nSPS) is 22.8. The van der Waals surface area contributed by atoms with Crippen molar-refractivity contribution in [2.75, 3.05) is 6.61 Å². The number of aromatic amines is 1. The number of nitro groups is 1. The number of quaternary nitrogens is 2. The number of phosphoric ester groups is 1. The van der Waals surface area contributed by atoms with Crippen molar-refractivity contribution in [3.05, 3.63) is 37.1 Å². The molecule has 0 unspecified atom stereocenters. The number of nitrogens with zero attached hydrogens (tertiary/aromatic N) is 2. The van der Waals surface area contributed by atoms with Gasteiger partial charge in [-0.05, 0) is 0 Å². The molecule has 1 aromatic heterocycles. The van der Waals surface area contributed by atoms with Crippen LogP contribution in [0.2, 0.25) is 0 Å². The van der Waals surface area contributed by atoms with Crippen molar-refractivity contribution in [2.45, 2.75) is 24.9 Å². The summed E-state index contributed by atoms with van der Waals surface area (Å²) in [6.45, 7) is -0.776. The highest BCUT2D eigenvalue weighted by atomic mass is 31.2. The minimum Gasteiger partial charge on any atom is -0.790 e. The number of aliphatic hydroxyl groups is 1. The molecule has 1 aliphatic heterocycles. The quantitative estimate of drug-likeness (QED) is 0.238. The molecule has 1 fully saturated rings. The Balaban J connectivity index is 0.00000288. The molecule has 0 amide bonds. The number of hydrogen-bond donors (Lipinski definition) is 4. The van der Waals surface area contributed by atoms with E-state index in [0.717, 1.165) is 0 Å². The zero-order chi connectivity index (χ0) is 17.4. The van der Waals surface area contributed by atoms with Crippen molar-refractivity contribution in [3.63, 3.8) is 0 Å². The third-order valence-corrected chi connectivity index (χ3v) is 3.52. The monoisotopic (exact) mass is 387 g/mol. The van der Waals surface area contributed by atoms with Gasteiger partial charge in [0.25, 0.3) is 0 Å². The van der Waals surface area contributed by atoms with Gasteiger partial charge in [-0.2, -0.15) is 0 Å². The van der Waals surface area contributed by atoms with Crippen LogP contribution in [-0.4, -0.2) is 38.4 Å². The van der Waals surface area contributed by atoms with Gasteiger partial charge < -0.3 is 41.0 Å². The number of hydrogen-bond acceptors (Lipinski definition) is 10. The Kier molecular flexibility index (Phi) is 7.75. The van der Waals surface area contributed by atoms with Crippen molar-refractivity contribution >= 4 is 13.5 Å². The Labute approximate surface area is 138 Å². The van der Waals surface area contributed by atoms with Crippen molar-refractivity contribution in [3.8, 4) is 0 Å². The Morgan fingerprint density at radius 1 is 1.44 bits per heavy atom. The maximum atomic E-state index is 11.7. The lowest BCUT2D eigenvalue weighted by Crippen LogP contribution is -2.33. The standard InChI is InChI=1S/C9H12N3O10P.2H3N/c13-5-1-7(22-6(5)3-21-23(18,19)20)11-2-4(12(16)17)8(14)10-9(11)15;;/h2,5-7,13H,1,3H2,(H,10,14,15)(H2,18,19,20);2*1H3/t5-,6+,7+;;/m0../s1. The average Bonchev–Trinajstić information content (AvgIpc) is 2.76. The van der Waals surface area contributed by atoms with E-state index < -0.39 is 54.7 Å². The second-order valence-electron chi connectivity index (χ2n) is 4.61. The summed E-state index contributed by atoms with van der Waals surface area (Å²) in [4.78, 5) is 55.2. The van der Waals surface area contributed by atoms with Crippen LogP contribution < -0.4 is 33.3 Å². The lowest BCUT2D eigenvalue weighted by molar-refractivity contribution is -0.387. The van der Waals surface area contributed by atoms with Crippen LogP contribution in [0.3, 0.4) is 0 Å². The number of rotatable bonds is 5. The van der Waals surface area contributed by atoms with Crippen molar-refractivity contribution in [1.29, 1.82) is 0 Å². The Hall–Kier alpha value is -1.97. The maximum Gasteiger partial charge on any atom is 0.350 e. The van der Waals surface area contributed by atoms with Gasteiger partial charge >= 0.3 is 16.9 Å². The molecule has 16 heteroatoms. The Bertz CT molecular complexity index is 771. The fourth-order valence-corrected chi connectivity index (χ4v) is 2.35. The van der Waals surface area contributed by atoms with E-state index >= 15 is 0 Å². The highest BCUT2D eigenvalue weighted by molar-refractivity contribution is 7.43. The molecule has 0 bridgehead atoms. The van der Waals surface area contributed by atoms with Gasteiger partial charge in [0.15, 0.2) is 0 Å². The van der Waals surface area contributed by atoms with Crippen molar-refractivity contribution < 1.29 is 33.6 Å². The van der Waals surface area contributed by atoms with E-state index in [-0.39, 0.29) is 18.7 Å². The first-order valence-electron chi connectivity index (χ1n) is 6.08. The third-order valence-electron chi connectivity index (χ3n) is 3.06. The molecule has 2 rings (SSSR count). The molecule has 2 heterocycles. The van der Waals surface area contributed by atoms with E-state index in [1.165, 1.54) is 0 Å². The molecule has 0 aromatic carbocycles. The number of aromatic nitrogens is 2. The zero-order valence-electron chi connectivity index (χ0n) is 13.2. The minimum atomic E-state index is -5.27. The van der Waals surface area contributed by atoms with Gasteiger partial charge in [-0.15, -0.1) is 0 Å². The van der Waals surface area contributed by atoms with E-state index in [9.17, 15) is 39.2 Å². The highest BCUT2D eigenvalue weighted by Crippen LogP contribution is 2.32. The summed E-state index contributed by atoms with van der Waals surface area (Å²) in [5.41, 5.74) is -3.13. The zero-order valence-corrected chi connectivity index (χ0v) is 14.1. The van der Waals surface area contributed by atoms with Gasteiger partial charge in [-0.1, -0.05) is 0 Å². The molecule has 25 heavy (non-hydrogen) atoms. The summed E-state index contributed by atoms with van der Waals surface area (Å²) in [7, 11) is -5.27. The number of ether oxygens (including phenoxy) is 1. The van der Waals surface area contributed by atoms with Gasteiger partial charge in [0.2, 0.25) is 0 Å². The van der Waals surface area contributed by atoms with Crippen LogP contribution in [0, 0.1) is 10.1 Å². The lowest BCUT2D eigenvalue weighted by Gasteiger charge is -2.30. The molecule has 144 valence electrons. The van der Waals surface area contributed by atoms with Crippen LogP contribution in [0.15, 0.2) is 15.8 Å². The van der Waals surface area contributed by atoms with Gasteiger partial charge in [0.1, 0.15) is 12.3 Å². The Morgan fingerprint density at radius 3 is 2.56 bits per heavy atom. The molecule has 1 aliphatic rings. The van der Waals surface area contributed by atoms with E-state index in [4.69, 9.17) is 4.74 Å². The molecule has 15 nitrogen and oxygen atoms in total. The fourth-order valence-electron chi connectivity index (χ4n) is 2.02. The van der Waals surface area contributed by atoms with Crippen LogP contribution in [-0.2, 0) is 13.8 Å². The first-order valence-corrected chi connectivity index (χ1v) is 7.54. The molecule has 10 N–H and O–H groups in total. The molecule has 1 saturated heterocycles. The summed E-state index contributed by atoms with van der Waals surface area (Å²) in [6, 6.07) is 0. The maximum absolute atomic E-state index is 11.7. The highest BCUT2D eigenvalue weighted by Gasteiger charge is 2.36. The van der Waals surface area contributed by atoms with E-state index in [0.29, 0.717) is 10.8 Å². The van der Waals surface area contributed by atoms with Gasteiger partial charge in [-0.25, -0.2) is 4.79 Å². The molecular weight excluding hydrogens is 369 g/mol. The molecule has 1 aromatic rings. The smallest absolute Gasteiger partial charge is 0.350 e. The number of aliphatic hydroxyl groups excluding tert-OH is 1. The van der Waals surface area contributed by atoms with E-state index in [1.807, 2.05) is 0 Å².